The van der Waals surface area contributed by atoms with Crippen LogP contribution in [0.25, 0.3) is 0 Å². The minimum absolute atomic E-state index is 0.0706. The van der Waals surface area contributed by atoms with Crippen LogP contribution >= 0.6 is 0 Å². The SMILES string of the molecule is CC(C)C(=O)NCc1cccc2c1C(=O)N(C1CCC(=O)NC1=O)C2=O. The maximum absolute atomic E-state index is 12.9. The van der Waals surface area contributed by atoms with Gasteiger partial charge in [-0.2, -0.15) is 0 Å². The first-order valence-corrected chi connectivity index (χ1v) is 8.42. The second-order valence-corrected chi connectivity index (χ2v) is 6.66. The van der Waals surface area contributed by atoms with E-state index in [0.717, 1.165) is 4.90 Å². The van der Waals surface area contributed by atoms with E-state index in [1.807, 2.05) is 0 Å². The van der Waals surface area contributed by atoms with Crippen LogP contribution in [0.2, 0.25) is 0 Å². The Hall–Kier alpha value is -3.03. The van der Waals surface area contributed by atoms with Gasteiger partial charge in [0.2, 0.25) is 17.7 Å². The fourth-order valence-electron chi connectivity index (χ4n) is 3.12. The topological polar surface area (TPSA) is 113 Å². The van der Waals surface area contributed by atoms with E-state index >= 15 is 0 Å². The third-order valence-corrected chi connectivity index (χ3v) is 4.53. The van der Waals surface area contributed by atoms with Gasteiger partial charge in [0.1, 0.15) is 6.04 Å². The summed E-state index contributed by atoms with van der Waals surface area (Å²) >= 11 is 0. The molecule has 0 saturated carbocycles. The first-order valence-electron chi connectivity index (χ1n) is 8.42. The van der Waals surface area contributed by atoms with Crippen molar-refractivity contribution in [3.63, 3.8) is 0 Å². The predicted octanol–water partition coefficient (Wildman–Crippen LogP) is 0.360. The molecule has 136 valence electrons. The largest absolute Gasteiger partial charge is 0.352 e. The number of carbonyl (C=O) groups excluding carboxylic acids is 5. The molecule has 8 nitrogen and oxygen atoms in total. The molecule has 2 aliphatic rings. The number of fused-ring (bicyclic) bond motifs is 1. The van der Waals surface area contributed by atoms with Gasteiger partial charge in [-0.1, -0.05) is 26.0 Å². The number of hydrogen-bond acceptors (Lipinski definition) is 5. The van der Waals surface area contributed by atoms with Gasteiger partial charge in [0, 0.05) is 18.9 Å². The molecule has 1 atom stereocenters. The lowest BCUT2D eigenvalue weighted by Gasteiger charge is -2.27. The summed E-state index contributed by atoms with van der Waals surface area (Å²) in [6, 6.07) is 3.82. The van der Waals surface area contributed by atoms with E-state index in [0.29, 0.717) is 5.56 Å². The van der Waals surface area contributed by atoms with Gasteiger partial charge in [0.05, 0.1) is 11.1 Å². The lowest BCUT2D eigenvalue weighted by atomic mass is 10.0. The van der Waals surface area contributed by atoms with E-state index in [9.17, 15) is 24.0 Å². The number of amides is 5. The standard InChI is InChI=1S/C18H19N3O5/c1-9(2)15(23)19-8-10-4-3-5-11-14(10)18(26)21(17(11)25)12-6-7-13(22)20-16(12)24/h3-5,9,12H,6-8H2,1-2H3,(H,19,23)(H,20,22,24). The summed E-state index contributed by atoms with van der Waals surface area (Å²) in [5.41, 5.74) is 0.923. The molecule has 0 radical (unpaired) electrons. The molecule has 8 heteroatoms. The van der Waals surface area contributed by atoms with E-state index in [-0.39, 0.29) is 42.3 Å². The molecule has 3 rings (SSSR count). The molecule has 1 fully saturated rings. The maximum Gasteiger partial charge on any atom is 0.262 e. The lowest BCUT2D eigenvalue weighted by molar-refractivity contribution is -0.136. The fourth-order valence-corrected chi connectivity index (χ4v) is 3.12. The Morgan fingerprint density at radius 3 is 2.62 bits per heavy atom. The van der Waals surface area contributed by atoms with Crippen molar-refractivity contribution in [3.8, 4) is 0 Å². The molecule has 0 aromatic heterocycles. The zero-order valence-electron chi connectivity index (χ0n) is 14.5. The molecule has 1 aromatic carbocycles. The smallest absolute Gasteiger partial charge is 0.262 e. The third-order valence-electron chi connectivity index (χ3n) is 4.53. The fraction of sp³-hybridized carbons (Fsp3) is 0.389. The van der Waals surface area contributed by atoms with E-state index in [1.54, 1.807) is 26.0 Å². The van der Waals surface area contributed by atoms with Crippen LogP contribution in [0.4, 0.5) is 0 Å². The molecule has 1 unspecified atom stereocenters. The van der Waals surface area contributed by atoms with Crippen molar-refractivity contribution in [2.24, 2.45) is 5.92 Å². The number of carbonyl (C=O) groups is 5. The highest BCUT2D eigenvalue weighted by Gasteiger charge is 2.45. The minimum Gasteiger partial charge on any atom is -0.352 e. The second kappa shape index (κ2) is 6.70. The van der Waals surface area contributed by atoms with E-state index in [2.05, 4.69) is 10.6 Å². The number of benzene rings is 1. The Balaban J connectivity index is 1.88. The Labute approximate surface area is 149 Å². The summed E-state index contributed by atoms with van der Waals surface area (Å²) in [5.74, 6) is -2.57. The Morgan fingerprint density at radius 2 is 1.96 bits per heavy atom. The van der Waals surface area contributed by atoms with Gasteiger partial charge in [-0.05, 0) is 18.1 Å². The average molecular weight is 357 g/mol. The molecular formula is C18H19N3O5. The molecule has 0 aliphatic carbocycles. The monoisotopic (exact) mass is 357 g/mol. The number of hydrogen-bond donors (Lipinski definition) is 2. The maximum atomic E-state index is 12.9. The summed E-state index contributed by atoms with van der Waals surface area (Å²) in [5, 5.41) is 4.89. The van der Waals surface area contributed by atoms with Crippen molar-refractivity contribution in [1.82, 2.24) is 15.5 Å². The third kappa shape index (κ3) is 2.98. The van der Waals surface area contributed by atoms with Gasteiger partial charge in [-0.25, -0.2) is 0 Å². The van der Waals surface area contributed by atoms with Crippen molar-refractivity contribution in [1.29, 1.82) is 0 Å². The van der Waals surface area contributed by atoms with Crippen molar-refractivity contribution in [2.75, 3.05) is 0 Å². The molecular weight excluding hydrogens is 338 g/mol. The molecule has 0 bridgehead atoms. The van der Waals surface area contributed by atoms with Crippen LogP contribution in [0.5, 0.6) is 0 Å². The van der Waals surface area contributed by atoms with Gasteiger partial charge in [0.15, 0.2) is 0 Å². The highest BCUT2D eigenvalue weighted by molar-refractivity contribution is 6.24. The zero-order chi connectivity index (χ0) is 19.0. The summed E-state index contributed by atoms with van der Waals surface area (Å²) in [4.78, 5) is 61.6. The van der Waals surface area contributed by atoms with Gasteiger partial charge in [-0.3, -0.25) is 34.2 Å². The van der Waals surface area contributed by atoms with Crippen molar-refractivity contribution in [3.05, 3.63) is 34.9 Å². The lowest BCUT2D eigenvalue weighted by Crippen LogP contribution is -2.54. The number of nitrogens with zero attached hydrogens (tertiary/aromatic N) is 1. The summed E-state index contributed by atoms with van der Waals surface area (Å²) in [6.45, 7) is 3.62. The Bertz CT molecular complexity index is 830. The van der Waals surface area contributed by atoms with Crippen LogP contribution in [0, 0.1) is 5.92 Å². The Morgan fingerprint density at radius 1 is 1.23 bits per heavy atom. The van der Waals surface area contributed by atoms with Crippen LogP contribution in [-0.2, 0) is 20.9 Å². The highest BCUT2D eigenvalue weighted by atomic mass is 16.2. The number of piperidine rings is 1. The summed E-state index contributed by atoms with van der Waals surface area (Å²) in [7, 11) is 0. The van der Waals surface area contributed by atoms with Crippen molar-refractivity contribution >= 4 is 29.5 Å². The van der Waals surface area contributed by atoms with Gasteiger partial charge < -0.3 is 5.32 Å². The zero-order valence-corrected chi connectivity index (χ0v) is 14.5. The summed E-state index contributed by atoms with van der Waals surface area (Å²) < 4.78 is 0. The van der Waals surface area contributed by atoms with Crippen LogP contribution in [0.1, 0.15) is 53.0 Å². The summed E-state index contributed by atoms with van der Waals surface area (Å²) in [6.07, 6.45) is 0.177. The quantitative estimate of drug-likeness (QED) is 0.756. The second-order valence-electron chi connectivity index (χ2n) is 6.66. The molecule has 2 N–H and O–H groups in total. The van der Waals surface area contributed by atoms with Crippen LogP contribution < -0.4 is 10.6 Å². The van der Waals surface area contributed by atoms with E-state index in [1.165, 1.54) is 6.07 Å². The van der Waals surface area contributed by atoms with Crippen molar-refractivity contribution < 1.29 is 24.0 Å². The normalized spacial score (nSPS) is 19.7. The van der Waals surface area contributed by atoms with Crippen LogP contribution in [-0.4, -0.2) is 40.5 Å². The first-order chi connectivity index (χ1) is 12.3. The molecule has 5 amide bonds. The number of nitrogens with one attached hydrogen (secondary N) is 2. The first kappa shape index (κ1) is 17.8. The van der Waals surface area contributed by atoms with Crippen molar-refractivity contribution in [2.45, 2.75) is 39.3 Å². The molecule has 2 aliphatic heterocycles. The average Bonchev–Trinajstić information content (AvgIpc) is 2.85. The van der Waals surface area contributed by atoms with Gasteiger partial charge in [-0.15, -0.1) is 0 Å². The minimum atomic E-state index is -1.00. The van der Waals surface area contributed by atoms with Gasteiger partial charge >= 0.3 is 0 Å². The number of imide groups is 2. The van der Waals surface area contributed by atoms with E-state index < -0.39 is 29.7 Å². The van der Waals surface area contributed by atoms with E-state index in [4.69, 9.17) is 0 Å². The molecule has 0 spiro atoms. The van der Waals surface area contributed by atoms with Gasteiger partial charge in [0.25, 0.3) is 11.8 Å². The molecule has 1 aromatic rings. The molecule has 2 heterocycles. The number of rotatable bonds is 4. The predicted molar refractivity (Wildman–Crippen MR) is 89.8 cm³/mol. The van der Waals surface area contributed by atoms with Crippen LogP contribution in [0.15, 0.2) is 18.2 Å². The highest BCUT2D eigenvalue weighted by Crippen LogP contribution is 2.29. The molecule has 26 heavy (non-hydrogen) atoms. The van der Waals surface area contributed by atoms with Crippen LogP contribution in [0.3, 0.4) is 0 Å². The molecule has 1 saturated heterocycles. The Kier molecular flexibility index (Phi) is 4.58.